The monoisotopic (exact) mass is 224 g/mol. The van der Waals surface area contributed by atoms with Crippen LogP contribution in [0.5, 0.6) is 0 Å². The summed E-state index contributed by atoms with van der Waals surface area (Å²) in [6.07, 6.45) is -1.96. The lowest BCUT2D eigenvalue weighted by Gasteiger charge is -2.35. The summed E-state index contributed by atoms with van der Waals surface area (Å²) in [4.78, 5) is 12.7. The first kappa shape index (κ1) is 12.3. The lowest BCUT2D eigenvalue weighted by atomic mass is 10.0. The minimum atomic E-state index is -4.36. The van der Waals surface area contributed by atoms with Crippen molar-refractivity contribution in [2.24, 2.45) is 0 Å². The molecule has 1 aliphatic rings. The molecule has 0 aromatic rings. The van der Waals surface area contributed by atoms with Gasteiger partial charge in [-0.15, -0.1) is 0 Å². The van der Waals surface area contributed by atoms with Gasteiger partial charge in [0.05, 0.1) is 0 Å². The minimum absolute atomic E-state index is 0.149. The lowest BCUT2D eigenvalue weighted by Crippen LogP contribution is -2.50. The highest BCUT2D eigenvalue weighted by molar-refractivity contribution is 5.73. The molecule has 0 bridgehead atoms. The van der Waals surface area contributed by atoms with Crippen LogP contribution in [0, 0.1) is 0 Å². The fourth-order valence-corrected chi connectivity index (χ4v) is 1.86. The summed E-state index contributed by atoms with van der Waals surface area (Å²) in [6.45, 7) is 1.76. The van der Waals surface area contributed by atoms with E-state index in [1.54, 1.807) is 0 Å². The van der Waals surface area contributed by atoms with Crippen molar-refractivity contribution in [3.05, 3.63) is 0 Å². The molecule has 0 spiro atoms. The maximum Gasteiger partial charge on any atom is 0.457 e. The van der Waals surface area contributed by atoms with E-state index < -0.39 is 6.30 Å². The van der Waals surface area contributed by atoms with Gasteiger partial charge in [0.25, 0.3) is 0 Å². The second-order valence-corrected chi connectivity index (χ2v) is 3.74. The highest BCUT2D eigenvalue weighted by Crippen LogP contribution is 2.18. The van der Waals surface area contributed by atoms with Crippen LogP contribution in [0.2, 0.25) is 0 Å². The predicted molar refractivity (Wildman–Crippen MR) is 49.1 cm³/mol. The van der Waals surface area contributed by atoms with Crippen molar-refractivity contribution < 1.29 is 18.0 Å². The SMILES string of the molecule is CC(=O)N1CCCCC1CNC(F)(F)F. The molecule has 1 unspecified atom stereocenters. The third-order valence-electron chi connectivity index (χ3n) is 2.57. The molecule has 1 saturated heterocycles. The smallest absolute Gasteiger partial charge is 0.339 e. The molecule has 0 radical (unpaired) electrons. The van der Waals surface area contributed by atoms with Crippen LogP contribution in [0.4, 0.5) is 13.2 Å². The Morgan fingerprint density at radius 3 is 2.67 bits per heavy atom. The van der Waals surface area contributed by atoms with Crippen molar-refractivity contribution in [3.8, 4) is 0 Å². The minimum Gasteiger partial charge on any atom is -0.339 e. The average molecular weight is 224 g/mol. The number of carbonyl (C=O) groups is 1. The standard InChI is InChI=1S/C9H15F3N2O/c1-7(15)14-5-3-2-4-8(14)6-13-9(10,11)12/h8,13H,2-6H2,1H3. The zero-order valence-corrected chi connectivity index (χ0v) is 8.60. The first-order valence-electron chi connectivity index (χ1n) is 4.99. The zero-order chi connectivity index (χ0) is 11.5. The number of nitrogens with one attached hydrogen (secondary N) is 1. The van der Waals surface area contributed by atoms with Crippen LogP contribution >= 0.6 is 0 Å². The number of hydrogen-bond acceptors (Lipinski definition) is 2. The highest BCUT2D eigenvalue weighted by Gasteiger charge is 2.31. The molecule has 1 atom stereocenters. The summed E-state index contributed by atoms with van der Waals surface area (Å²) in [7, 11) is 0. The molecular weight excluding hydrogens is 209 g/mol. The summed E-state index contributed by atoms with van der Waals surface area (Å²) >= 11 is 0. The third kappa shape index (κ3) is 4.07. The van der Waals surface area contributed by atoms with Crippen molar-refractivity contribution in [1.82, 2.24) is 10.2 Å². The molecule has 0 aromatic heterocycles. The molecule has 3 nitrogen and oxygen atoms in total. The van der Waals surface area contributed by atoms with Gasteiger partial charge in [-0.05, 0) is 19.3 Å². The van der Waals surface area contributed by atoms with Crippen LogP contribution in [0.1, 0.15) is 26.2 Å². The number of piperidine rings is 1. The Hall–Kier alpha value is -0.780. The number of carbonyl (C=O) groups excluding carboxylic acids is 1. The molecule has 6 heteroatoms. The quantitative estimate of drug-likeness (QED) is 0.721. The summed E-state index contributed by atoms with van der Waals surface area (Å²) in [5, 5.41) is 1.48. The van der Waals surface area contributed by atoms with Gasteiger partial charge >= 0.3 is 6.30 Å². The van der Waals surface area contributed by atoms with Crippen LogP contribution in [-0.4, -0.2) is 36.2 Å². The number of amides is 1. The zero-order valence-electron chi connectivity index (χ0n) is 8.60. The molecule has 1 aliphatic heterocycles. The molecule has 1 fully saturated rings. The van der Waals surface area contributed by atoms with Gasteiger partial charge in [-0.1, -0.05) is 0 Å². The Bertz CT molecular complexity index is 230. The number of halogens is 3. The largest absolute Gasteiger partial charge is 0.457 e. The number of hydrogen-bond donors (Lipinski definition) is 1. The van der Waals surface area contributed by atoms with Crippen molar-refractivity contribution in [2.45, 2.75) is 38.5 Å². The lowest BCUT2D eigenvalue weighted by molar-refractivity contribution is -0.161. The Balaban J connectivity index is 2.46. The summed E-state index contributed by atoms with van der Waals surface area (Å²) in [6, 6.07) is -0.321. The molecule has 1 N–H and O–H groups in total. The van der Waals surface area contributed by atoms with E-state index in [9.17, 15) is 18.0 Å². The van der Waals surface area contributed by atoms with Crippen LogP contribution in [-0.2, 0) is 4.79 Å². The highest BCUT2D eigenvalue weighted by atomic mass is 19.4. The molecule has 1 heterocycles. The van der Waals surface area contributed by atoms with Gasteiger partial charge < -0.3 is 4.90 Å². The summed E-state index contributed by atoms with van der Waals surface area (Å²) < 4.78 is 35.8. The molecule has 88 valence electrons. The van der Waals surface area contributed by atoms with Crippen LogP contribution in [0.3, 0.4) is 0 Å². The maximum atomic E-state index is 11.9. The Morgan fingerprint density at radius 2 is 2.13 bits per heavy atom. The van der Waals surface area contributed by atoms with Crippen molar-refractivity contribution in [2.75, 3.05) is 13.1 Å². The second kappa shape index (κ2) is 4.83. The fourth-order valence-electron chi connectivity index (χ4n) is 1.86. The second-order valence-electron chi connectivity index (χ2n) is 3.74. The van der Waals surface area contributed by atoms with Gasteiger partial charge in [0, 0.05) is 26.1 Å². The van der Waals surface area contributed by atoms with E-state index >= 15 is 0 Å². The van der Waals surface area contributed by atoms with Crippen LogP contribution in [0.15, 0.2) is 0 Å². The van der Waals surface area contributed by atoms with Gasteiger partial charge in [0.15, 0.2) is 0 Å². The number of likely N-dealkylation sites (tertiary alicyclic amines) is 1. The molecular formula is C9H15F3N2O. The van der Waals surface area contributed by atoms with Crippen molar-refractivity contribution >= 4 is 5.91 Å². The van der Waals surface area contributed by atoms with Gasteiger partial charge in [-0.2, -0.15) is 13.2 Å². The van der Waals surface area contributed by atoms with Gasteiger partial charge in [0.1, 0.15) is 0 Å². The molecule has 0 saturated carbocycles. The number of alkyl halides is 3. The predicted octanol–water partition coefficient (Wildman–Crippen LogP) is 1.50. The molecule has 0 aliphatic carbocycles. The number of nitrogens with zero attached hydrogens (tertiary/aromatic N) is 1. The van der Waals surface area contributed by atoms with Crippen molar-refractivity contribution in [1.29, 1.82) is 0 Å². The molecule has 1 rings (SSSR count). The van der Waals surface area contributed by atoms with E-state index in [2.05, 4.69) is 0 Å². The van der Waals surface area contributed by atoms with Crippen molar-refractivity contribution in [3.63, 3.8) is 0 Å². The Kier molecular flexibility index (Phi) is 3.96. The molecule has 1 amide bonds. The van der Waals surface area contributed by atoms with Gasteiger partial charge in [-0.25, -0.2) is 5.32 Å². The van der Waals surface area contributed by atoms with Gasteiger partial charge in [-0.3, -0.25) is 4.79 Å². The van der Waals surface area contributed by atoms with E-state index in [4.69, 9.17) is 0 Å². The van der Waals surface area contributed by atoms with E-state index in [1.165, 1.54) is 17.1 Å². The summed E-state index contributed by atoms with van der Waals surface area (Å²) in [5.74, 6) is -0.149. The summed E-state index contributed by atoms with van der Waals surface area (Å²) in [5.41, 5.74) is 0. The van der Waals surface area contributed by atoms with E-state index in [1.807, 2.05) is 0 Å². The van der Waals surface area contributed by atoms with Crippen LogP contribution < -0.4 is 5.32 Å². The normalized spacial score (nSPS) is 22.9. The molecule has 0 aromatic carbocycles. The van der Waals surface area contributed by atoms with E-state index in [0.717, 1.165) is 12.8 Å². The first-order valence-corrected chi connectivity index (χ1v) is 4.99. The van der Waals surface area contributed by atoms with E-state index in [-0.39, 0.29) is 18.5 Å². The molecule has 15 heavy (non-hydrogen) atoms. The van der Waals surface area contributed by atoms with E-state index in [0.29, 0.717) is 13.0 Å². The van der Waals surface area contributed by atoms with Crippen LogP contribution in [0.25, 0.3) is 0 Å². The Morgan fingerprint density at radius 1 is 1.47 bits per heavy atom. The van der Waals surface area contributed by atoms with Gasteiger partial charge in [0.2, 0.25) is 5.91 Å². The first-order chi connectivity index (χ1) is 6.90. The fraction of sp³-hybridized carbons (Fsp3) is 0.889. The maximum absolute atomic E-state index is 11.9. The topological polar surface area (TPSA) is 32.3 Å². The Labute approximate surface area is 86.6 Å². The average Bonchev–Trinajstić information content (AvgIpc) is 2.14. The number of rotatable bonds is 2. The third-order valence-corrected chi connectivity index (χ3v) is 2.57.